The fourth-order valence-corrected chi connectivity index (χ4v) is 4.66. The van der Waals surface area contributed by atoms with Crippen LogP contribution in [0.1, 0.15) is 17.5 Å². The van der Waals surface area contributed by atoms with Crippen LogP contribution >= 0.6 is 11.6 Å². The number of piperidine rings is 1. The van der Waals surface area contributed by atoms with Crippen molar-refractivity contribution in [3.8, 4) is 5.75 Å². The van der Waals surface area contributed by atoms with E-state index >= 15 is 0 Å². The standard InChI is InChI=1S/C27H27ClFN5O2/c28-21-12-20(7-8-25(21)36-15-17-3-1-5-19(29)11-17)33-27-26-18(4-2-6-23(26)31-16-32-27)13-34-10-9-22(30)24(35)14-34/h1-8,11-12,16,22,24,35H,9-10,13-15,30H2,(H,31,32,33). The number of anilines is 2. The Hall–Kier alpha value is -3.30. The molecule has 1 aliphatic rings. The van der Waals surface area contributed by atoms with Gasteiger partial charge in [0.25, 0.3) is 0 Å². The highest BCUT2D eigenvalue weighted by atomic mass is 35.5. The first-order valence-electron chi connectivity index (χ1n) is 11.8. The minimum atomic E-state index is -0.536. The number of hydrogen-bond acceptors (Lipinski definition) is 7. The molecule has 7 nitrogen and oxygen atoms in total. The van der Waals surface area contributed by atoms with Crippen LogP contribution in [0.3, 0.4) is 0 Å². The lowest BCUT2D eigenvalue weighted by Crippen LogP contribution is -2.50. The van der Waals surface area contributed by atoms with Gasteiger partial charge in [0.05, 0.1) is 16.6 Å². The Morgan fingerprint density at radius 3 is 2.81 bits per heavy atom. The van der Waals surface area contributed by atoms with Crippen LogP contribution in [0.5, 0.6) is 5.75 Å². The number of β-amino-alcohol motifs (C(OH)–C–C–N with tert-alkyl or cyclic N) is 1. The van der Waals surface area contributed by atoms with Gasteiger partial charge in [0.1, 0.15) is 30.3 Å². The smallest absolute Gasteiger partial charge is 0.142 e. The fraction of sp³-hybridized carbons (Fsp3) is 0.259. The van der Waals surface area contributed by atoms with Crippen molar-refractivity contribution in [2.45, 2.75) is 31.7 Å². The molecule has 5 rings (SSSR count). The molecule has 0 aliphatic carbocycles. The molecule has 4 N–H and O–H groups in total. The molecular weight excluding hydrogens is 481 g/mol. The summed E-state index contributed by atoms with van der Waals surface area (Å²) in [6.45, 7) is 2.20. The SMILES string of the molecule is NC1CCN(Cc2cccc3ncnc(Nc4ccc(OCc5cccc(F)c5)c(Cl)c4)c23)CC1O. The average molecular weight is 508 g/mol. The number of aliphatic hydroxyl groups excluding tert-OH is 1. The minimum Gasteiger partial charge on any atom is -0.487 e. The number of nitrogens with one attached hydrogen (secondary N) is 1. The van der Waals surface area contributed by atoms with Gasteiger partial charge in [-0.15, -0.1) is 0 Å². The lowest BCUT2D eigenvalue weighted by Gasteiger charge is -2.34. The van der Waals surface area contributed by atoms with E-state index in [2.05, 4.69) is 20.2 Å². The molecule has 186 valence electrons. The second-order valence-electron chi connectivity index (χ2n) is 8.98. The van der Waals surface area contributed by atoms with Crippen LogP contribution in [-0.4, -0.2) is 45.2 Å². The average Bonchev–Trinajstić information content (AvgIpc) is 2.86. The van der Waals surface area contributed by atoms with Gasteiger partial charge >= 0.3 is 0 Å². The van der Waals surface area contributed by atoms with Crippen LogP contribution in [0.4, 0.5) is 15.9 Å². The molecule has 0 amide bonds. The van der Waals surface area contributed by atoms with E-state index in [0.717, 1.165) is 40.7 Å². The number of benzene rings is 3. The Bertz CT molecular complexity index is 1370. The van der Waals surface area contributed by atoms with Gasteiger partial charge in [-0.1, -0.05) is 35.9 Å². The van der Waals surface area contributed by atoms with Crippen LogP contribution < -0.4 is 15.8 Å². The second kappa shape index (κ2) is 10.8. The summed E-state index contributed by atoms with van der Waals surface area (Å²) in [4.78, 5) is 11.1. The zero-order valence-electron chi connectivity index (χ0n) is 19.6. The van der Waals surface area contributed by atoms with E-state index in [-0.39, 0.29) is 18.5 Å². The molecule has 4 aromatic rings. The minimum absolute atomic E-state index is 0.181. The number of aliphatic hydroxyl groups is 1. The van der Waals surface area contributed by atoms with Crippen molar-refractivity contribution < 1.29 is 14.2 Å². The van der Waals surface area contributed by atoms with E-state index in [9.17, 15) is 9.50 Å². The first kappa shape index (κ1) is 24.4. The number of ether oxygens (including phenoxy) is 1. The number of aromatic nitrogens is 2. The predicted octanol–water partition coefficient (Wildman–Crippen LogP) is 4.64. The maximum Gasteiger partial charge on any atom is 0.142 e. The molecule has 0 saturated carbocycles. The molecule has 0 spiro atoms. The number of rotatable bonds is 7. The van der Waals surface area contributed by atoms with Crippen molar-refractivity contribution >= 4 is 34.0 Å². The highest BCUT2D eigenvalue weighted by Gasteiger charge is 2.25. The molecule has 0 bridgehead atoms. The van der Waals surface area contributed by atoms with Gasteiger partial charge in [0.15, 0.2) is 0 Å². The van der Waals surface area contributed by atoms with Crippen LogP contribution in [-0.2, 0) is 13.2 Å². The zero-order chi connectivity index (χ0) is 25.1. The van der Waals surface area contributed by atoms with E-state index in [1.54, 1.807) is 24.3 Å². The molecular formula is C27H27ClFN5O2. The molecule has 1 saturated heterocycles. The van der Waals surface area contributed by atoms with Crippen molar-refractivity contribution in [3.05, 3.63) is 89.0 Å². The Morgan fingerprint density at radius 1 is 1.14 bits per heavy atom. The lowest BCUT2D eigenvalue weighted by atomic mass is 10.0. The molecule has 3 aromatic carbocycles. The Kier molecular flexibility index (Phi) is 7.29. The molecule has 0 radical (unpaired) electrons. The van der Waals surface area contributed by atoms with Gasteiger partial charge in [0.2, 0.25) is 0 Å². The van der Waals surface area contributed by atoms with Gasteiger partial charge in [-0.2, -0.15) is 0 Å². The normalized spacial score (nSPS) is 18.3. The summed E-state index contributed by atoms with van der Waals surface area (Å²) in [6.07, 6.45) is 1.74. The van der Waals surface area contributed by atoms with Gasteiger partial charge < -0.3 is 20.9 Å². The number of fused-ring (bicyclic) bond motifs is 1. The fourth-order valence-electron chi connectivity index (χ4n) is 4.43. The van der Waals surface area contributed by atoms with Gasteiger partial charge in [-0.3, -0.25) is 4.90 Å². The Labute approximate surface area is 213 Å². The largest absolute Gasteiger partial charge is 0.487 e. The van der Waals surface area contributed by atoms with E-state index in [1.807, 2.05) is 24.3 Å². The molecule has 1 fully saturated rings. The van der Waals surface area contributed by atoms with Gasteiger partial charge in [-0.05, 0) is 53.9 Å². The predicted molar refractivity (Wildman–Crippen MR) is 139 cm³/mol. The molecule has 36 heavy (non-hydrogen) atoms. The first-order valence-corrected chi connectivity index (χ1v) is 12.2. The summed E-state index contributed by atoms with van der Waals surface area (Å²) in [5.74, 6) is 0.856. The topological polar surface area (TPSA) is 96.5 Å². The number of likely N-dealkylation sites (tertiary alicyclic amines) is 1. The monoisotopic (exact) mass is 507 g/mol. The van der Waals surface area contributed by atoms with Gasteiger partial charge in [0, 0.05) is 36.7 Å². The van der Waals surface area contributed by atoms with Crippen LogP contribution in [0.2, 0.25) is 5.02 Å². The maximum absolute atomic E-state index is 13.4. The molecule has 1 aromatic heterocycles. The van der Waals surface area contributed by atoms with Crippen LogP contribution in [0.25, 0.3) is 10.9 Å². The Balaban J connectivity index is 1.35. The third kappa shape index (κ3) is 5.57. The summed E-state index contributed by atoms with van der Waals surface area (Å²) >= 11 is 6.48. The summed E-state index contributed by atoms with van der Waals surface area (Å²) in [7, 11) is 0. The molecule has 2 heterocycles. The summed E-state index contributed by atoms with van der Waals surface area (Å²) in [5.41, 5.74) is 9.31. The van der Waals surface area contributed by atoms with Crippen LogP contribution in [0.15, 0.2) is 67.0 Å². The van der Waals surface area contributed by atoms with E-state index in [1.165, 1.54) is 18.5 Å². The van der Waals surface area contributed by atoms with Crippen molar-refractivity contribution in [2.75, 3.05) is 18.4 Å². The van der Waals surface area contributed by atoms with Crippen molar-refractivity contribution in [1.29, 1.82) is 0 Å². The highest BCUT2D eigenvalue weighted by molar-refractivity contribution is 6.32. The van der Waals surface area contributed by atoms with Crippen LogP contribution in [0, 0.1) is 5.82 Å². The molecule has 2 atom stereocenters. The lowest BCUT2D eigenvalue weighted by molar-refractivity contribution is 0.0501. The number of nitrogens with two attached hydrogens (primary N) is 1. The third-order valence-corrected chi connectivity index (χ3v) is 6.63. The summed E-state index contributed by atoms with van der Waals surface area (Å²) in [6, 6.07) is 17.4. The maximum atomic E-state index is 13.4. The zero-order valence-corrected chi connectivity index (χ0v) is 20.3. The third-order valence-electron chi connectivity index (χ3n) is 6.34. The molecule has 9 heteroatoms. The quantitative estimate of drug-likeness (QED) is 0.335. The number of halogens is 2. The Morgan fingerprint density at radius 2 is 2.00 bits per heavy atom. The first-order chi connectivity index (χ1) is 17.5. The van der Waals surface area contributed by atoms with Gasteiger partial charge in [-0.25, -0.2) is 14.4 Å². The molecule has 1 aliphatic heterocycles. The van der Waals surface area contributed by atoms with Crippen molar-refractivity contribution in [1.82, 2.24) is 14.9 Å². The highest BCUT2D eigenvalue weighted by Crippen LogP contribution is 2.32. The van der Waals surface area contributed by atoms with Crippen molar-refractivity contribution in [2.24, 2.45) is 5.73 Å². The summed E-state index contributed by atoms with van der Waals surface area (Å²) < 4.78 is 19.2. The second-order valence-corrected chi connectivity index (χ2v) is 9.38. The van der Waals surface area contributed by atoms with E-state index in [0.29, 0.717) is 29.7 Å². The molecule has 2 unspecified atom stereocenters. The number of nitrogens with zero attached hydrogens (tertiary/aromatic N) is 3. The van der Waals surface area contributed by atoms with E-state index < -0.39 is 6.10 Å². The van der Waals surface area contributed by atoms with E-state index in [4.69, 9.17) is 22.1 Å². The number of hydrogen-bond donors (Lipinski definition) is 3. The van der Waals surface area contributed by atoms with Crippen molar-refractivity contribution in [3.63, 3.8) is 0 Å². The summed E-state index contributed by atoms with van der Waals surface area (Å²) in [5, 5.41) is 14.9.